The molecule has 1 atom stereocenters. The Bertz CT molecular complexity index is 694. The molecule has 1 aliphatic heterocycles. The molecule has 1 fully saturated rings. The van der Waals surface area contributed by atoms with Gasteiger partial charge in [-0.15, -0.1) is 0 Å². The second kappa shape index (κ2) is 9.03. The topological polar surface area (TPSA) is 73.8 Å². The summed E-state index contributed by atoms with van der Waals surface area (Å²) in [6.07, 6.45) is 4.94. The van der Waals surface area contributed by atoms with Crippen molar-refractivity contribution in [3.8, 4) is 17.5 Å². The number of likely N-dealkylation sites (tertiary alicyclic amines) is 1. The third-order valence-electron chi connectivity index (χ3n) is 4.04. The molecule has 1 aromatic carbocycles. The van der Waals surface area contributed by atoms with Crippen LogP contribution in [0.25, 0.3) is 0 Å². The van der Waals surface area contributed by atoms with E-state index in [-0.39, 0.29) is 18.6 Å². The highest BCUT2D eigenvalue weighted by atomic mass is 16.5. The summed E-state index contributed by atoms with van der Waals surface area (Å²) in [6, 6.07) is 9.33. The Morgan fingerprint density at radius 2 is 1.85 bits per heavy atom. The van der Waals surface area contributed by atoms with Crippen LogP contribution in [0.3, 0.4) is 0 Å². The summed E-state index contributed by atoms with van der Waals surface area (Å²) >= 11 is 0. The summed E-state index contributed by atoms with van der Waals surface area (Å²) in [5.74, 6) is 1.37. The van der Waals surface area contributed by atoms with Crippen molar-refractivity contribution in [3.63, 3.8) is 0 Å². The minimum atomic E-state index is -0.0967. The first-order chi connectivity index (χ1) is 12.7. The van der Waals surface area contributed by atoms with E-state index in [4.69, 9.17) is 14.2 Å². The lowest BCUT2D eigenvalue weighted by Gasteiger charge is -2.32. The first-order valence-electron chi connectivity index (χ1n) is 8.81. The molecule has 1 saturated heterocycles. The number of hydrogen-bond donors (Lipinski definition) is 0. The van der Waals surface area contributed by atoms with E-state index in [1.54, 1.807) is 35.5 Å². The first kappa shape index (κ1) is 18.0. The van der Waals surface area contributed by atoms with E-state index in [1.165, 1.54) is 0 Å². The molecule has 26 heavy (non-hydrogen) atoms. The van der Waals surface area contributed by atoms with Gasteiger partial charge in [0.05, 0.1) is 13.2 Å². The SMILES string of the molecule is CCOc1ccc(OCC(=O)N2CCCC(Oc3ncccn3)C2)cc1. The molecular formula is C19H23N3O4. The van der Waals surface area contributed by atoms with Crippen LogP contribution in [0.5, 0.6) is 17.5 Å². The maximum Gasteiger partial charge on any atom is 0.316 e. The number of carbonyl (C=O) groups is 1. The molecule has 7 heteroatoms. The maximum atomic E-state index is 12.4. The molecule has 0 bridgehead atoms. The summed E-state index contributed by atoms with van der Waals surface area (Å²) in [5.41, 5.74) is 0. The zero-order chi connectivity index (χ0) is 18.2. The van der Waals surface area contributed by atoms with Crippen molar-refractivity contribution in [2.24, 2.45) is 0 Å². The summed E-state index contributed by atoms with van der Waals surface area (Å²) in [5, 5.41) is 0. The van der Waals surface area contributed by atoms with Crippen LogP contribution >= 0.6 is 0 Å². The van der Waals surface area contributed by atoms with E-state index < -0.39 is 0 Å². The molecule has 0 saturated carbocycles. The first-order valence-corrected chi connectivity index (χ1v) is 8.81. The zero-order valence-corrected chi connectivity index (χ0v) is 14.8. The van der Waals surface area contributed by atoms with Gasteiger partial charge < -0.3 is 19.1 Å². The molecule has 0 radical (unpaired) electrons. The predicted molar refractivity (Wildman–Crippen MR) is 95.4 cm³/mol. The Balaban J connectivity index is 1.47. The van der Waals surface area contributed by atoms with Gasteiger partial charge in [-0.2, -0.15) is 0 Å². The standard InChI is InChI=1S/C19H23N3O4/c1-2-24-15-6-8-16(9-7-15)25-14-18(23)22-12-3-5-17(13-22)26-19-20-10-4-11-21-19/h4,6-11,17H,2-3,5,12-14H2,1H3. The third kappa shape index (κ3) is 5.08. The van der Waals surface area contributed by atoms with Crippen LogP contribution in [0.4, 0.5) is 0 Å². The van der Waals surface area contributed by atoms with Gasteiger partial charge in [-0.3, -0.25) is 4.79 Å². The van der Waals surface area contributed by atoms with Crippen molar-refractivity contribution in [1.82, 2.24) is 14.9 Å². The number of aromatic nitrogens is 2. The molecule has 2 heterocycles. The normalized spacial score (nSPS) is 16.8. The lowest BCUT2D eigenvalue weighted by Crippen LogP contribution is -2.46. The van der Waals surface area contributed by atoms with Crippen molar-refractivity contribution < 1.29 is 19.0 Å². The number of carbonyl (C=O) groups excluding carboxylic acids is 1. The van der Waals surface area contributed by atoms with Gasteiger partial charge in [-0.25, -0.2) is 9.97 Å². The summed E-state index contributed by atoms with van der Waals surface area (Å²) < 4.78 is 16.7. The van der Waals surface area contributed by atoms with Gasteiger partial charge in [0.15, 0.2) is 6.61 Å². The Morgan fingerprint density at radius 1 is 1.15 bits per heavy atom. The second-order valence-electron chi connectivity index (χ2n) is 5.95. The van der Waals surface area contributed by atoms with Gasteiger partial charge in [0.1, 0.15) is 17.6 Å². The van der Waals surface area contributed by atoms with E-state index in [0.717, 1.165) is 18.6 Å². The highest BCUT2D eigenvalue weighted by Crippen LogP contribution is 2.18. The van der Waals surface area contributed by atoms with Crippen molar-refractivity contribution in [3.05, 3.63) is 42.7 Å². The number of rotatable bonds is 7. The predicted octanol–water partition coefficient (Wildman–Crippen LogP) is 2.32. The van der Waals surface area contributed by atoms with Crippen molar-refractivity contribution in [2.75, 3.05) is 26.3 Å². The van der Waals surface area contributed by atoms with Crippen LogP contribution in [-0.2, 0) is 4.79 Å². The van der Waals surface area contributed by atoms with Crippen LogP contribution in [0.2, 0.25) is 0 Å². The lowest BCUT2D eigenvalue weighted by atomic mass is 10.1. The van der Waals surface area contributed by atoms with Crippen molar-refractivity contribution >= 4 is 5.91 Å². The van der Waals surface area contributed by atoms with Gasteiger partial charge in [0, 0.05) is 18.9 Å². The van der Waals surface area contributed by atoms with Crippen molar-refractivity contribution in [1.29, 1.82) is 0 Å². The van der Waals surface area contributed by atoms with Crippen LogP contribution in [0.15, 0.2) is 42.7 Å². The molecule has 1 aromatic heterocycles. The maximum absolute atomic E-state index is 12.4. The molecule has 7 nitrogen and oxygen atoms in total. The minimum absolute atomic E-state index is 0.00252. The quantitative estimate of drug-likeness (QED) is 0.757. The van der Waals surface area contributed by atoms with Gasteiger partial charge in [0.2, 0.25) is 0 Å². The Morgan fingerprint density at radius 3 is 2.54 bits per heavy atom. The molecule has 0 aliphatic carbocycles. The van der Waals surface area contributed by atoms with Crippen LogP contribution < -0.4 is 14.2 Å². The number of ether oxygens (including phenoxy) is 3. The fraction of sp³-hybridized carbons (Fsp3) is 0.421. The highest BCUT2D eigenvalue weighted by Gasteiger charge is 2.25. The third-order valence-corrected chi connectivity index (χ3v) is 4.04. The highest BCUT2D eigenvalue weighted by molar-refractivity contribution is 5.77. The van der Waals surface area contributed by atoms with E-state index in [9.17, 15) is 4.79 Å². The number of piperidine rings is 1. The largest absolute Gasteiger partial charge is 0.494 e. The zero-order valence-electron chi connectivity index (χ0n) is 14.8. The van der Waals surface area contributed by atoms with E-state index in [1.807, 2.05) is 19.1 Å². The fourth-order valence-electron chi connectivity index (χ4n) is 2.79. The molecule has 1 aliphatic rings. The summed E-state index contributed by atoms with van der Waals surface area (Å²) in [4.78, 5) is 22.3. The molecular weight excluding hydrogens is 334 g/mol. The molecule has 0 spiro atoms. The Kier molecular flexibility index (Phi) is 6.24. The second-order valence-corrected chi connectivity index (χ2v) is 5.95. The minimum Gasteiger partial charge on any atom is -0.494 e. The van der Waals surface area contributed by atoms with Crippen molar-refractivity contribution in [2.45, 2.75) is 25.9 Å². The lowest BCUT2D eigenvalue weighted by molar-refractivity contribution is -0.136. The summed E-state index contributed by atoms with van der Waals surface area (Å²) in [7, 11) is 0. The molecule has 138 valence electrons. The van der Waals surface area contributed by atoms with Gasteiger partial charge in [-0.1, -0.05) is 0 Å². The van der Waals surface area contributed by atoms with Crippen LogP contribution in [0.1, 0.15) is 19.8 Å². The summed E-state index contributed by atoms with van der Waals surface area (Å²) in [6.45, 7) is 3.78. The Hall–Kier alpha value is -2.83. The molecule has 2 aromatic rings. The molecule has 1 amide bonds. The van der Waals surface area contributed by atoms with E-state index in [0.29, 0.717) is 31.5 Å². The number of nitrogens with zero attached hydrogens (tertiary/aromatic N) is 3. The number of hydrogen-bond acceptors (Lipinski definition) is 6. The Labute approximate surface area is 152 Å². The molecule has 3 rings (SSSR count). The van der Waals surface area contributed by atoms with Crippen LogP contribution in [0, 0.1) is 0 Å². The smallest absolute Gasteiger partial charge is 0.316 e. The molecule has 0 N–H and O–H groups in total. The number of benzene rings is 1. The van der Waals surface area contributed by atoms with Crippen LogP contribution in [-0.4, -0.2) is 53.2 Å². The average Bonchev–Trinajstić information content (AvgIpc) is 2.68. The average molecular weight is 357 g/mol. The van der Waals surface area contributed by atoms with Gasteiger partial charge in [-0.05, 0) is 50.1 Å². The fourth-order valence-corrected chi connectivity index (χ4v) is 2.79. The number of amides is 1. The van der Waals surface area contributed by atoms with E-state index in [2.05, 4.69) is 9.97 Å². The van der Waals surface area contributed by atoms with Gasteiger partial charge in [0.25, 0.3) is 5.91 Å². The molecule has 1 unspecified atom stereocenters. The monoisotopic (exact) mass is 357 g/mol. The van der Waals surface area contributed by atoms with E-state index >= 15 is 0 Å². The van der Waals surface area contributed by atoms with Gasteiger partial charge >= 0.3 is 6.01 Å².